The largest absolute Gasteiger partial charge is 0.497 e. The van der Waals surface area contributed by atoms with Crippen LogP contribution in [0.15, 0.2) is 18.2 Å². The third kappa shape index (κ3) is 1.45. The fourth-order valence-electron chi connectivity index (χ4n) is 2.82. The average Bonchev–Trinajstić information content (AvgIpc) is 3.07. The fourth-order valence-corrected chi connectivity index (χ4v) is 2.82. The maximum atomic E-state index is 6.45. The lowest BCUT2D eigenvalue weighted by atomic mass is 9.70. The Morgan fingerprint density at radius 1 is 1.17 bits per heavy atom. The number of rotatable bonds is 4. The summed E-state index contributed by atoms with van der Waals surface area (Å²) in [6.45, 7) is 1.37. The van der Waals surface area contributed by atoms with Crippen LogP contribution in [-0.4, -0.2) is 33.0 Å². The normalized spacial score (nSPS) is 23.1. The van der Waals surface area contributed by atoms with Crippen molar-refractivity contribution in [3.63, 3.8) is 0 Å². The minimum absolute atomic E-state index is 0.0788. The molecule has 1 heterocycles. The predicted molar refractivity (Wildman–Crippen MR) is 68.2 cm³/mol. The molecule has 4 heteroatoms. The van der Waals surface area contributed by atoms with Crippen LogP contribution < -0.4 is 15.2 Å². The van der Waals surface area contributed by atoms with E-state index in [-0.39, 0.29) is 11.0 Å². The summed E-state index contributed by atoms with van der Waals surface area (Å²) in [5.74, 6) is 1.64. The van der Waals surface area contributed by atoms with Crippen LogP contribution in [0.25, 0.3) is 0 Å². The van der Waals surface area contributed by atoms with Crippen LogP contribution in [-0.2, 0) is 10.2 Å². The summed E-state index contributed by atoms with van der Waals surface area (Å²) in [4.78, 5) is 0. The van der Waals surface area contributed by atoms with Crippen LogP contribution in [0.3, 0.4) is 0 Å². The third-order valence-electron chi connectivity index (χ3n) is 4.36. The van der Waals surface area contributed by atoms with Crippen LogP contribution in [0.4, 0.5) is 0 Å². The third-order valence-corrected chi connectivity index (χ3v) is 4.36. The van der Waals surface area contributed by atoms with Crippen molar-refractivity contribution in [1.82, 2.24) is 0 Å². The molecule has 4 nitrogen and oxygen atoms in total. The highest BCUT2D eigenvalue weighted by Crippen LogP contribution is 2.55. The van der Waals surface area contributed by atoms with E-state index < -0.39 is 0 Å². The summed E-state index contributed by atoms with van der Waals surface area (Å²) in [5, 5.41) is 0. The zero-order valence-electron chi connectivity index (χ0n) is 10.9. The Bertz CT molecular complexity index is 464. The molecule has 18 heavy (non-hydrogen) atoms. The summed E-state index contributed by atoms with van der Waals surface area (Å²) in [6.07, 6.45) is 2.12. The Morgan fingerprint density at radius 2 is 1.89 bits per heavy atom. The Kier molecular flexibility index (Phi) is 2.54. The van der Waals surface area contributed by atoms with E-state index in [1.807, 2.05) is 12.1 Å². The van der Waals surface area contributed by atoms with Crippen molar-refractivity contribution in [1.29, 1.82) is 0 Å². The van der Waals surface area contributed by atoms with Gasteiger partial charge in [0.15, 0.2) is 0 Å². The van der Waals surface area contributed by atoms with Crippen LogP contribution in [0.5, 0.6) is 11.5 Å². The Morgan fingerprint density at radius 3 is 2.33 bits per heavy atom. The van der Waals surface area contributed by atoms with E-state index in [1.54, 1.807) is 14.2 Å². The van der Waals surface area contributed by atoms with Crippen molar-refractivity contribution in [3.05, 3.63) is 23.8 Å². The van der Waals surface area contributed by atoms with Gasteiger partial charge in [-0.05, 0) is 18.9 Å². The fraction of sp³-hybridized carbons (Fsp3) is 0.571. The maximum absolute atomic E-state index is 6.45. The molecule has 0 radical (unpaired) electrons. The SMILES string of the molecule is COc1ccc(C2(C3(N)CC3)COC2)c(OC)c1. The standard InChI is InChI=1S/C14H19NO3/c1-16-10-3-4-11(12(7-10)17-2)13(8-18-9-13)14(15)5-6-14/h3-4,7H,5-6,8-9,15H2,1-2H3. The van der Waals surface area contributed by atoms with Crippen molar-refractivity contribution in [2.24, 2.45) is 5.73 Å². The molecule has 3 rings (SSSR count). The van der Waals surface area contributed by atoms with E-state index in [0.717, 1.165) is 29.9 Å². The van der Waals surface area contributed by atoms with Crippen molar-refractivity contribution < 1.29 is 14.2 Å². The zero-order valence-corrected chi connectivity index (χ0v) is 10.9. The average molecular weight is 249 g/mol. The Balaban J connectivity index is 2.05. The quantitative estimate of drug-likeness (QED) is 0.877. The zero-order chi connectivity index (χ0) is 12.8. The van der Waals surface area contributed by atoms with E-state index in [2.05, 4.69) is 6.07 Å². The monoisotopic (exact) mass is 249 g/mol. The Hall–Kier alpha value is -1.26. The molecule has 2 aliphatic rings. The number of benzene rings is 1. The van der Waals surface area contributed by atoms with Crippen molar-refractivity contribution in [2.45, 2.75) is 23.8 Å². The van der Waals surface area contributed by atoms with Gasteiger partial charge in [0.05, 0.1) is 32.8 Å². The summed E-state index contributed by atoms with van der Waals surface area (Å²) < 4.78 is 16.2. The Labute approximate surface area is 107 Å². The molecular weight excluding hydrogens is 230 g/mol. The first-order chi connectivity index (χ1) is 8.65. The van der Waals surface area contributed by atoms with Crippen molar-refractivity contribution in [3.8, 4) is 11.5 Å². The first kappa shape index (κ1) is 11.8. The highest BCUT2D eigenvalue weighted by molar-refractivity contribution is 5.49. The molecule has 1 saturated carbocycles. The van der Waals surface area contributed by atoms with Gasteiger partial charge in [0.25, 0.3) is 0 Å². The molecule has 2 N–H and O–H groups in total. The predicted octanol–water partition coefficient (Wildman–Crippen LogP) is 1.46. The van der Waals surface area contributed by atoms with Crippen LogP contribution in [0, 0.1) is 0 Å². The van der Waals surface area contributed by atoms with Crippen molar-refractivity contribution in [2.75, 3.05) is 27.4 Å². The molecule has 1 saturated heterocycles. The second-order valence-corrected chi connectivity index (χ2v) is 5.30. The number of ether oxygens (including phenoxy) is 3. The summed E-state index contributed by atoms with van der Waals surface area (Å²) in [5.41, 5.74) is 7.40. The van der Waals surface area contributed by atoms with E-state index >= 15 is 0 Å². The molecule has 0 amide bonds. The van der Waals surface area contributed by atoms with Gasteiger partial charge in [0.1, 0.15) is 11.5 Å². The van der Waals surface area contributed by atoms with Gasteiger partial charge in [-0.25, -0.2) is 0 Å². The molecule has 1 aromatic rings. The molecule has 98 valence electrons. The molecule has 1 aliphatic carbocycles. The van der Waals surface area contributed by atoms with Gasteiger partial charge in [-0.1, -0.05) is 6.07 Å². The van der Waals surface area contributed by atoms with Gasteiger partial charge in [-0.15, -0.1) is 0 Å². The molecule has 0 unspecified atom stereocenters. The lowest BCUT2D eigenvalue weighted by molar-refractivity contribution is -0.0795. The van der Waals surface area contributed by atoms with Crippen LogP contribution >= 0.6 is 0 Å². The van der Waals surface area contributed by atoms with Gasteiger partial charge in [0.2, 0.25) is 0 Å². The molecule has 2 fully saturated rings. The number of hydrogen-bond donors (Lipinski definition) is 1. The summed E-state index contributed by atoms with van der Waals surface area (Å²) >= 11 is 0. The van der Waals surface area contributed by atoms with Gasteiger partial charge in [-0.3, -0.25) is 0 Å². The second-order valence-electron chi connectivity index (χ2n) is 5.30. The van der Waals surface area contributed by atoms with Crippen LogP contribution in [0.1, 0.15) is 18.4 Å². The smallest absolute Gasteiger partial charge is 0.126 e. The van der Waals surface area contributed by atoms with Gasteiger partial charge in [-0.2, -0.15) is 0 Å². The van der Waals surface area contributed by atoms with E-state index in [9.17, 15) is 0 Å². The number of nitrogens with two attached hydrogens (primary N) is 1. The minimum Gasteiger partial charge on any atom is -0.497 e. The lowest BCUT2D eigenvalue weighted by Gasteiger charge is -2.47. The van der Waals surface area contributed by atoms with E-state index in [0.29, 0.717) is 13.2 Å². The first-order valence-electron chi connectivity index (χ1n) is 6.24. The molecule has 0 aromatic heterocycles. The van der Waals surface area contributed by atoms with Gasteiger partial charge >= 0.3 is 0 Å². The molecule has 1 aromatic carbocycles. The van der Waals surface area contributed by atoms with Gasteiger partial charge in [0, 0.05) is 17.2 Å². The second kappa shape index (κ2) is 3.87. The summed E-state index contributed by atoms with van der Waals surface area (Å²) in [6, 6.07) is 5.94. The molecule has 1 aliphatic heterocycles. The number of hydrogen-bond acceptors (Lipinski definition) is 4. The lowest BCUT2D eigenvalue weighted by Crippen LogP contribution is -2.60. The number of methoxy groups -OCH3 is 2. The highest BCUT2D eigenvalue weighted by atomic mass is 16.5. The molecular formula is C14H19NO3. The topological polar surface area (TPSA) is 53.7 Å². The van der Waals surface area contributed by atoms with E-state index in [4.69, 9.17) is 19.9 Å². The van der Waals surface area contributed by atoms with Crippen molar-refractivity contribution >= 4 is 0 Å². The highest BCUT2D eigenvalue weighted by Gasteiger charge is 2.62. The minimum atomic E-state index is -0.118. The first-order valence-corrected chi connectivity index (χ1v) is 6.24. The van der Waals surface area contributed by atoms with Crippen LogP contribution in [0.2, 0.25) is 0 Å². The van der Waals surface area contributed by atoms with Gasteiger partial charge < -0.3 is 19.9 Å². The molecule has 0 spiro atoms. The van der Waals surface area contributed by atoms with E-state index in [1.165, 1.54) is 0 Å². The molecule has 0 atom stereocenters. The molecule has 0 bridgehead atoms. The maximum Gasteiger partial charge on any atom is 0.126 e. The summed E-state index contributed by atoms with van der Waals surface area (Å²) in [7, 11) is 3.34.